The minimum Gasteiger partial charge on any atom is -0.494 e. The summed E-state index contributed by atoms with van der Waals surface area (Å²) in [5.41, 5.74) is 0.351. The molecule has 0 spiro atoms. The molecule has 1 aliphatic carbocycles. The van der Waals surface area contributed by atoms with Gasteiger partial charge in [-0.25, -0.2) is 4.98 Å². The topological polar surface area (TPSA) is 60.5 Å². The van der Waals surface area contributed by atoms with Gasteiger partial charge in [-0.15, -0.1) is 0 Å². The van der Waals surface area contributed by atoms with Gasteiger partial charge in [0, 0.05) is 16.6 Å². The summed E-state index contributed by atoms with van der Waals surface area (Å²) in [6.07, 6.45) is 4.55. The maximum Gasteiger partial charge on any atom is 0.255 e. The van der Waals surface area contributed by atoms with Crippen LogP contribution in [0.15, 0.2) is 28.9 Å². The molecule has 3 rings (SSSR count). The minimum absolute atomic E-state index is 0.200. The second-order valence-corrected chi connectivity index (χ2v) is 7.35. The van der Waals surface area contributed by atoms with Crippen LogP contribution in [0.1, 0.15) is 29.6 Å². The molecule has 0 unspecified atom stereocenters. The minimum atomic E-state index is -0.221. The molecule has 1 aromatic heterocycles. The average molecular weight is 446 g/mol. The zero-order valence-corrected chi connectivity index (χ0v) is 16.4. The quantitative estimate of drug-likeness (QED) is 0.683. The van der Waals surface area contributed by atoms with Gasteiger partial charge in [0.25, 0.3) is 5.91 Å². The molecule has 0 aliphatic heterocycles. The molecule has 1 fully saturated rings. The van der Waals surface area contributed by atoms with E-state index in [1.807, 2.05) is 0 Å². The standard InChI is InChI=1S/C17H15BrCl2N2O3/c1-24-14-8-21-15(7-11(14)17(23)22-10-3-2-4-10)25-16-12(19)5-9(18)6-13(16)20/h5-8,10H,2-4H2,1H3,(H,22,23). The normalized spacial score (nSPS) is 13.9. The monoisotopic (exact) mass is 444 g/mol. The maximum atomic E-state index is 12.5. The first-order valence-electron chi connectivity index (χ1n) is 7.65. The highest BCUT2D eigenvalue weighted by Crippen LogP contribution is 2.38. The molecule has 25 heavy (non-hydrogen) atoms. The summed E-state index contributed by atoms with van der Waals surface area (Å²) in [5, 5.41) is 3.63. The molecular weight excluding hydrogens is 431 g/mol. The molecule has 1 aliphatic rings. The number of halogens is 3. The highest BCUT2D eigenvalue weighted by Gasteiger charge is 2.23. The number of amides is 1. The number of pyridine rings is 1. The van der Waals surface area contributed by atoms with Crippen molar-refractivity contribution in [1.82, 2.24) is 10.3 Å². The summed E-state index contributed by atoms with van der Waals surface area (Å²) in [5.74, 6) is 0.624. The predicted molar refractivity (Wildman–Crippen MR) is 100 cm³/mol. The second-order valence-electron chi connectivity index (χ2n) is 5.62. The number of benzene rings is 1. The van der Waals surface area contributed by atoms with E-state index in [1.54, 1.807) is 12.1 Å². The predicted octanol–water partition coefficient (Wildman–Crippen LogP) is 5.23. The third-order valence-electron chi connectivity index (χ3n) is 3.92. The van der Waals surface area contributed by atoms with Gasteiger partial charge in [-0.2, -0.15) is 0 Å². The molecule has 1 amide bonds. The first kappa shape index (κ1) is 18.3. The van der Waals surface area contributed by atoms with E-state index >= 15 is 0 Å². The van der Waals surface area contributed by atoms with Crippen LogP contribution in [0.4, 0.5) is 0 Å². The van der Waals surface area contributed by atoms with E-state index in [4.69, 9.17) is 32.7 Å². The van der Waals surface area contributed by atoms with Crippen molar-refractivity contribution in [3.8, 4) is 17.4 Å². The molecular formula is C17H15BrCl2N2O3. The Kier molecular flexibility index (Phi) is 5.71. The number of hydrogen-bond donors (Lipinski definition) is 1. The molecule has 5 nitrogen and oxygen atoms in total. The zero-order valence-electron chi connectivity index (χ0n) is 13.3. The average Bonchev–Trinajstić information content (AvgIpc) is 2.54. The van der Waals surface area contributed by atoms with Gasteiger partial charge in [-0.1, -0.05) is 39.1 Å². The Labute approximate surface area is 163 Å². The third-order valence-corrected chi connectivity index (χ3v) is 4.94. The second kappa shape index (κ2) is 7.81. The number of ether oxygens (including phenoxy) is 2. The van der Waals surface area contributed by atoms with Crippen molar-refractivity contribution in [2.75, 3.05) is 7.11 Å². The summed E-state index contributed by atoms with van der Waals surface area (Å²) >= 11 is 15.6. The van der Waals surface area contributed by atoms with Gasteiger partial charge in [-0.05, 0) is 31.4 Å². The lowest BCUT2D eigenvalue weighted by atomic mass is 9.93. The van der Waals surface area contributed by atoms with E-state index < -0.39 is 0 Å². The lowest BCUT2D eigenvalue weighted by Gasteiger charge is -2.26. The number of carbonyl (C=O) groups excluding carboxylic acids is 1. The first-order valence-corrected chi connectivity index (χ1v) is 9.20. The van der Waals surface area contributed by atoms with Gasteiger partial charge in [0.1, 0.15) is 5.75 Å². The SMILES string of the molecule is COc1cnc(Oc2c(Cl)cc(Br)cc2Cl)cc1C(=O)NC1CCC1. The number of methoxy groups -OCH3 is 1. The van der Waals surface area contributed by atoms with E-state index in [0.717, 1.165) is 23.7 Å². The van der Waals surface area contributed by atoms with Crippen molar-refractivity contribution in [2.24, 2.45) is 0 Å². The van der Waals surface area contributed by atoms with Crippen LogP contribution in [-0.2, 0) is 0 Å². The highest BCUT2D eigenvalue weighted by atomic mass is 79.9. The van der Waals surface area contributed by atoms with Gasteiger partial charge in [0.15, 0.2) is 5.75 Å². The summed E-state index contributed by atoms with van der Waals surface area (Å²) in [6, 6.07) is 5.05. The van der Waals surface area contributed by atoms with Gasteiger partial charge in [-0.3, -0.25) is 4.79 Å². The summed E-state index contributed by atoms with van der Waals surface area (Å²) in [7, 11) is 1.49. The lowest BCUT2D eigenvalue weighted by molar-refractivity contribution is 0.0913. The smallest absolute Gasteiger partial charge is 0.255 e. The third kappa shape index (κ3) is 4.19. The molecule has 1 aromatic carbocycles. The lowest BCUT2D eigenvalue weighted by Crippen LogP contribution is -2.39. The van der Waals surface area contributed by atoms with E-state index in [9.17, 15) is 4.79 Å². The molecule has 1 N–H and O–H groups in total. The fourth-order valence-electron chi connectivity index (χ4n) is 2.37. The molecule has 2 aromatic rings. The van der Waals surface area contributed by atoms with E-state index in [-0.39, 0.29) is 23.6 Å². The van der Waals surface area contributed by atoms with Crippen molar-refractivity contribution in [3.63, 3.8) is 0 Å². The van der Waals surface area contributed by atoms with E-state index in [0.29, 0.717) is 21.4 Å². The van der Waals surface area contributed by atoms with E-state index in [2.05, 4.69) is 26.2 Å². The van der Waals surface area contributed by atoms with Crippen LogP contribution in [0.2, 0.25) is 10.0 Å². The Bertz CT molecular complexity index is 789. The number of hydrogen-bond acceptors (Lipinski definition) is 4. The molecule has 0 radical (unpaired) electrons. The molecule has 1 saturated carbocycles. The van der Waals surface area contributed by atoms with Gasteiger partial charge in [0.05, 0.1) is 28.9 Å². The largest absolute Gasteiger partial charge is 0.494 e. The molecule has 1 heterocycles. The molecule has 132 valence electrons. The van der Waals surface area contributed by atoms with Crippen molar-refractivity contribution >= 4 is 45.0 Å². The molecule has 0 saturated heterocycles. The van der Waals surface area contributed by atoms with Crippen LogP contribution < -0.4 is 14.8 Å². The molecule has 0 atom stereocenters. The number of aromatic nitrogens is 1. The van der Waals surface area contributed by atoms with Crippen LogP contribution in [0, 0.1) is 0 Å². The van der Waals surface area contributed by atoms with Crippen molar-refractivity contribution in [2.45, 2.75) is 25.3 Å². The number of nitrogens with zero attached hydrogens (tertiary/aromatic N) is 1. The first-order chi connectivity index (χ1) is 12.0. The summed E-state index contributed by atoms with van der Waals surface area (Å²) in [4.78, 5) is 16.6. The molecule has 8 heteroatoms. The molecule has 0 bridgehead atoms. The van der Waals surface area contributed by atoms with Crippen molar-refractivity contribution in [3.05, 3.63) is 44.5 Å². The van der Waals surface area contributed by atoms with Crippen LogP contribution in [-0.4, -0.2) is 24.0 Å². The van der Waals surface area contributed by atoms with Crippen LogP contribution in [0.25, 0.3) is 0 Å². The number of rotatable bonds is 5. The van der Waals surface area contributed by atoms with Crippen molar-refractivity contribution in [1.29, 1.82) is 0 Å². The van der Waals surface area contributed by atoms with Gasteiger partial charge in [0.2, 0.25) is 5.88 Å². The van der Waals surface area contributed by atoms with E-state index in [1.165, 1.54) is 19.4 Å². The van der Waals surface area contributed by atoms with Crippen LogP contribution in [0.5, 0.6) is 17.4 Å². The van der Waals surface area contributed by atoms with Crippen molar-refractivity contribution < 1.29 is 14.3 Å². The highest BCUT2D eigenvalue weighted by molar-refractivity contribution is 9.10. The van der Waals surface area contributed by atoms with Crippen LogP contribution >= 0.6 is 39.1 Å². The van der Waals surface area contributed by atoms with Gasteiger partial charge >= 0.3 is 0 Å². The summed E-state index contributed by atoms with van der Waals surface area (Å²) < 4.78 is 11.7. The Hall–Kier alpha value is -1.50. The zero-order chi connectivity index (χ0) is 18.0. The number of nitrogens with one attached hydrogen (secondary N) is 1. The maximum absolute atomic E-state index is 12.5. The fraction of sp³-hybridized carbons (Fsp3) is 0.294. The van der Waals surface area contributed by atoms with Gasteiger partial charge < -0.3 is 14.8 Å². The fourth-order valence-corrected chi connectivity index (χ4v) is 3.65. The van der Waals surface area contributed by atoms with Crippen LogP contribution in [0.3, 0.4) is 0 Å². The number of carbonyl (C=O) groups is 1. The Morgan fingerprint density at radius 2 is 1.96 bits per heavy atom. The Balaban J connectivity index is 1.87. The Morgan fingerprint density at radius 1 is 1.28 bits per heavy atom. The summed E-state index contributed by atoms with van der Waals surface area (Å²) in [6.45, 7) is 0. The Morgan fingerprint density at radius 3 is 2.52 bits per heavy atom.